The number of ether oxygens (including phenoxy) is 5. The van der Waals surface area contributed by atoms with Crippen LogP contribution in [0, 0.1) is 27.1 Å². The van der Waals surface area contributed by atoms with E-state index in [-0.39, 0.29) is 5.41 Å². The molecule has 0 bridgehead atoms. The fourth-order valence-electron chi connectivity index (χ4n) is 1.18. The summed E-state index contributed by atoms with van der Waals surface area (Å²) in [6.07, 6.45) is 0. The summed E-state index contributed by atoms with van der Waals surface area (Å²) in [5.41, 5.74) is 2.21. The van der Waals surface area contributed by atoms with Crippen LogP contribution in [0.4, 0.5) is 0 Å². The Labute approximate surface area is 248 Å². The highest BCUT2D eigenvalue weighted by atomic mass is 16.6. The van der Waals surface area contributed by atoms with Crippen molar-refractivity contribution in [2.75, 3.05) is 66.6 Å². The normalized spacial score (nSPS) is 12.0. The summed E-state index contributed by atoms with van der Waals surface area (Å²) in [6.45, 7) is 47.1. The first-order valence-electron chi connectivity index (χ1n) is 14.9. The molecule has 0 saturated carbocycles. The first-order chi connectivity index (χ1) is 17.1. The Balaban J connectivity index is -0.000000155. The Kier molecular flexibility index (Phi) is 33.2. The minimum atomic E-state index is 0.214. The topological polar surface area (TPSA) is 46.2 Å². The Morgan fingerprint density at radius 1 is 0.308 bits per heavy atom. The van der Waals surface area contributed by atoms with Crippen LogP contribution in [0.5, 0.6) is 0 Å². The van der Waals surface area contributed by atoms with E-state index in [1.165, 1.54) is 0 Å². The molecule has 5 heteroatoms. The summed E-state index contributed by atoms with van der Waals surface area (Å²) in [4.78, 5) is 0. The molecule has 0 rings (SSSR count). The third-order valence-electron chi connectivity index (χ3n) is 2.08. The summed E-state index contributed by atoms with van der Waals surface area (Å²) >= 11 is 0. The van der Waals surface area contributed by atoms with Crippen molar-refractivity contribution < 1.29 is 23.7 Å². The van der Waals surface area contributed by atoms with E-state index in [4.69, 9.17) is 23.7 Å². The largest absolute Gasteiger partial charge is 0.382 e. The van der Waals surface area contributed by atoms with E-state index in [9.17, 15) is 0 Å². The molecule has 0 aromatic heterocycles. The van der Waals surface area contributed by atoms with E-state index in [2.05, 4.69) is 132 Å². The van der Waals surface area contributed by atoms with Gasteiger partial charge in [-0.25, -0.2) is 0 Å². The van der Waals surface area contributed by atoms with Gasteiger partial charge >= 0.3 is 0 Å². The fraction of sp³-hybridized carbons (Fsp3) is 1.00. The molecule has 0 atom stereocenters. The SMILES string of the molecule is CC(C)(C)C.CC(C)(C)C.CC(C)(C)C.CC(C)(C)C.COCCOCCOCCOCCOCC(C)(C)C. The van der Waals surface area contributed by atoms with Gasteiger partial charge in [0.2, 0.25) is 0 Å². The molecule has 0 aliphatic carbocycles. The standard InChI is InChI=1S/C14H30O5.4C5H12/c1-14(2,3)13-19-12-11-18-10-9-17-8-7-16-6-5-15-4;4*1-5(2,3)4/h5-13H2,1-4H3;4*1-4H3. The molecular formula is C34H78O5. The highest BCUT2D eigenvalue weighted by molar-refractivity contribution is 4.58. The van der Waals surface area contributed by atoms with Crippen LogP contribution < -0.4 is 0 Å². The lowest BCUT2D eigenvalue weighted by Crippen LogP contribution is -2.17. The number of hydrogen-bond acceptors (Lipinski definition) is 5. The maximum Gasteiger partial charge on any atom is 0.0701 e. The number of methoxy groups -OCH3 is 1. The van der Waals surface area contributed by atoms with Crippen LogP contribution in [0.25, 0.3) is 0 Å². The molecule has 0 aromatic rings. The number of rotatable bonds is 13. The van der Waals surface area contributed by atoms with Crippen molar-refractivity contribution in [3.63, 3.8) is 0 Å². The van der Waals surface area contributed by atoms with Crippen molar-refractivity contribution in [1.82, 2.24) is 0 Å². The van der Waals surface area contributed by atoms with Gasteiger partial charge in [-0.05, 0) is 27.1 Å². The molecule has 0 amide bonds. The Bertz CT molecular complexity index is 382. The fourth-order valence-corrected chi connectivity index (χ4v) is 1.18. The van der Waals surface area contributed by atoms with Crippen molar-refractivity contribution >= 4 is 0 Å². The van der Waals surface area contributed by atoms with Gasteiger partial charge in [-0.15, -0.1) is 0 Å². The third-order valence-corrected chi connectivity index (χ3v) is 2.08. The molecule has 0 N–H and O–H groups in total. The molecule has 0 spiro atoms. The van der Waals surface area contributed by atoms with E-state index in [1.54, 1.807) is 7.11 Å². The Hall–Kier alpha value is -0.200. The molecule has 244 valence electrons. The van der Waals surface area contributed by atoms with Crippen molar-refractivity contribution in [2.45, 2.75) is 132 Å². The van der Waals surface area contributed by atoms with E-state index in [0.29, 0.717) is 74.5 Å². The van der Waals surface area contributed by atoms with Crippen LogP contribution >= 0.6 is 0 Å². The maximum atomic E-state index is 5.48. The van der Waals surface area contributed by atoms with Crippen LogP contribution in [0.15, 0.2) is 0 Å². The Morgan fingerprint density at radius 3 is 0.667 bits per heavy atom. The zero-order valence-electron chi connectivity index (χ0n) is 30.9. The molecule has 0 aromatic carbocycles. The molecule has 39 heavy (non-hydrogen) atoms. The second kappa shape index (κ2) is 26.7. The van der Waals surface area contributed by atoms with Crippen LogP contribution in [0.3, 0.4) is 0 Å². The van der Waals surface area contributed by atoms with Gasteiger partial charge in [0.1, 0.15) is 0 Å². The second-order valence-electron chi connectivity index (χ2n) is 17.4. The molecule has 0 saturated heterocycles. The molecule has 0 radical (unpaired) electrons. The van der Waals surface area contributed by atoms with Gasteiger partial charge in [0.15, 0.2) is 0 Å². The quantitative estimate of drug-likeness (QED) is 0.208. The summed E-state index contributed by atoms with van der Waals surface area (Å²) in [7, 11) is 1.66. The minimum absolute atomic E-state index is 0.214. The molecule has 5 nitrogen and oxygen atoms in total. The number of hydrogen-bond donors (Lipinski definition) is 0. The average molecular weight is 567 g/mol. The van der Waals surface area contributed by atoms with E-state index >= 15 is 0 Å². The second-order valence-corrected chi connectivity index (χ2v) is 17.4. The predicted molar refractivity (Wildman–Crippen MR) is 175 cm³/mol. The molecular weight excluding hydrogens is 488 g/mol. The van der Waals surface area contributed by atoms with E-state index in [1.807, 2.05) is 0 Å². The summed E-state index contributed by atoms with van der Waals surface area (Å²) in [5, 5.41) is 0. The van der Waals surface area contributed by atoms with Crippen LogP contribution in [0.1, 0.15) is 132 Å². The van der Waals surface area contributed by atoms with Crippen molar-refractivity contribution in [3.8, 4) is 0 Å². The summed E-state index contributed by atoms with van der Waals surface area (Å²) < 4.78 is 26.3. The first-order valence-corrected chi connectivity index (χ1v) is 14.9. The van der Waals surface area contributed by atoms with E-state index in [0.717, 1.165) is 6.61 Å². The maximum absolute atomic E-state index is 5.48. The highest BCUT2D eigenvalue weighted by Crippen LogP contribution is 2.12. The Morgan fingerprint density at radius 2 is 0.487 bits per heavy atom. The molecule has 0 heterocycles. The van der Waals surface area contributed by atoms with Crippen molar-refractivity contribution in [3.05, 3.63) is 0 Å². The van der Waals surface area contributed by atoms with Gasteiger partial charge in [0.05, 0.1) is 59.5 Å². The first kappa shape index (κ1) is 48.5. The van der Waals surface area contributed by atoms with Gasteiger partial charge in [0.25, 0.3) is 0 Å². The van der Waals surface area contributed by atoms with Gasteiger partial charge in [-0.3, -0.25) is 0 Å². The highest BCUT2D eigenvalue weighted by Gasteiger charge is 2.09. The third kappa shape index (κ3) is 194. The van der Waals surface area contributed by atoms with Gasteiger partial charge in [-0.1, -0.05) is 132 Å². The zero-order chi connectivity index (χ0) is 32.4. The smallest absolute Gasteiger partial charge is 0.0701 e. The lowest BCUT2D eigenvalue weighted by molar-refractivity contribution is -0.0147. The zero-order valence-corrected chi connectivity index (χ0v) is 30.9. The predicted octanol–water partition coefficient (Wildman–Crippen LogP) is 9.95. The van der Waals surface area contributed by atoms with Crippen LogP contribution in [-0.4, -0.2) is 66.6 Å². The molecule has 0 aliphatic heterocycles. The lowest BCUT2D eigenvalue weighted by Gasteiger charge is -2.17. The van der Waals surface area contributed by atoms with Crippen molar-refractivity contribution in [1.29, 1.82) is 0 Å². The molecule has 0 unspecified atom stereocenters. The monoisotopic (exact) mass is 567 g/mol. The van der Waals surface area contributed by atoms with Gasteiger partial charge in [0, 0.05) is 7.11 Å². The average Bonchev–Trinajstić information content (AvgIpc) is 2.59. The van der Waals surface area contributed by atoms with Gasteiger partial charge < -0.3 is 23.7 Å². The van der Waals surface area contributed by atoms with Gasteiger partial charge in [-0.2, -0.15) is 0 Å². The molecule has 0 fully saturated rings. The van der Waals surface area contributed by atoms with E-state index < -0.39 is 0 Å². The lowest BCUT2D eigenvalue weighted by atomic mass is 9.99. The summed E-state index contributed by atoms with van der Waals surface area (Å²) in [6, 6.07) is 0. The minimum Gasteiger partial charge on any atom is -0.382 e. The van der Waals surface area contributed by atoms with Crippen molar-refractivity contribution in [2.24, 2.45) is 27.1 Å². The van der Waals surface area contributed by atoms with Crippen LogP contribution in [-0.2, 0) is 23.7 Å². The summed E-state index contributed by atoms with van der Waals surface area (Å²) in [5.74, 6) is 0. The molecule has 0 aliphatic rings. The van der Waals surface area contributed by atoms with Crippen LogP contribution in [0.2, 0.25) is 0 Å².